The first kappa shape index (κ1) is 14.3. The second-order valence-electron chi connectivity index (χ2n) is 4.58. The van der Waals surface area contributed by atoms with Crippen LogP contribution in [0.4, 0.5) is 0 Å². The van der Waals surface area contributed by atoms with E-state index in [1.165, 1.54) is 6.07 Å². The lowest BCUT2D eigenvalue weighted by atomic mass is 10.1. The molecule has 0 fully saturated rings. The molecule has 0 saturated carbocycles. The van der Waals surface area contributed by atoms with E-state index in [-0.39, 0.29) is 11.4 Å². The topological polar surface area (TPSA) is 59.4 Å². The van der Waals surface area contributed by atoms with Crippen LogP contribution in [0.15, 0.2) is 24.3 Å². The van der Waals surface area contributed by atoms with Crippen molar-refractivity contribution in [1.29, 1.82) is 0 Å². The van der Waals surface area contributed by atoms with Gasteiger partial charge in [-0.2, -0.15) is 0 Å². The van der Waals surface area contributed by atoms with Crippen molar-refractivity contribution >= 4 is 17.6 Å². The standard InChI is InChI=1S/C15H14ClNO3/c1-8-6-11(16)7-9(2)13(8)20-14-12(15(18)19)5-4-10(3)17-14/h4-7H,1-3H3,(H,18,19). The molecule has 0 aliphatic carbocycles. The first-order valence-electron chi connectivity index (χ1n) is 6.04. The molecular weight excluding hydrogens is 278 g/mol. The number of aryl methyl sites for hydroxylation is 3. The number of carboxylic acids is 1. The predicted molar refractivity (Wildman–Crippen MR) is 76.9 cm³/mol. The van der Waals surface area contributed by atoms with Crippen molar-refractivity contribution in [2.45, 2.75) is 20.8 Å². The van der Waals surface area contributed by atoms with Gasteiger partial charge in [0.05, 0.1) is 0 Å². The molecule has 0 radical (unpaired) electrons. The fourth-order valence-corrected chi connectivity index (χ4v) is 2.26. The molecule has 5 heteroatoms. The Morgan fingerprint density at radius 3 is 2.35 bits per heavy atom. The van der Waals surface area contributed by atoms with E-state index >= 15 is 0 Å². The number of carbonyl (C=O) groups is 1. The Morgan fingerprint density at radius 2 is 1.80 bits per heavy atom. The Balaban J connectivity index is 2.50. The second-order valence-corrected chi connectivity index (χ2v) is 5.02. The summed E-state index contributed by atoms with van der Waals surface area (Å²) < 4.78 is 5.72. The minimum absolute atomic E-state index is 0.0318. The summed E-state index contributed by atoms with van der Waals surface area (Å²) in [7, 11) is 0. The quantitative estimate of drug-likeness (QED) is 0.923. The van der Waals surface area contributed by atoms with Crippen LogP contribution < -0.4 is 4.74 Å². The highest BCUT2D eigenvalue weighted by Crippen LogP contribution is 2.32. The molecule has 0 aliphatic heterocycles. The summed E-state index contributed by atoms with van der Waals surface area (Å²) in [5.74, 6) is -0.405. The van der Waals surface area contributed by atoms with Crippen molar-refractivity contribution in [3.63, 3.8) is 0 Å². The maximum Gasteiger partial charge on any atom is 0.341 e. The van der Waals surface area contributed by atoms with Gasteiger partial charge in [-0.05, 0) is 56.2 Å². The minimum Gasteiger partial charge on any atom is -0.477 e. The number of carboxylic acid groups (broad SMARTS) is 1. The maximum absolute atomic E-state index is 11.2. The average molecular weight is 292 g/mol. The van der Waals surface area contributed by atoms with E-state index in [1.807, 2.05) is 13.8 Å². The third-order valence-electron chi connectivity index (χ3n) is 2.85. The lowest BCUT2D eigenvalue weighted by molar-refractivity contribution is 0.0693. The van der Waals surface area contributed by atoms with E-state index in [0.29, 0.717) is 16.5 Å². The number of hydrogen-bond donors (Lipinski definition) is 1. The van der Waals surface area contributed by atoms with E-state index in [4.69, 9.17) is 16.3 Å². The molecule has 0 saturated heterocycles. The number of aromatic carboxylic acids is 1. The third-order valence-corrected chi connectivity index (χ3v) is 3.07. The summed E-state index contributed by atoms with van der Waals surface area (Å²) in [6.07, 6.45) is 0. The number of halogens is 1. The van der Waals surface area contributed by atoms with Gasteiger partial charge >= 0.3 is 5.97 Å². The summed E-state index contributed by atoms with van der Waals surface area (Å²) in [5.41, 5.74) is 2.38. The van der Waals surface area contributed by atoms with E-state index in [9.17, 15) is 9.90 Å². The van der Waals surface area contributed by atoms with Gasteiger partial charge < -0.3 is 9.84 Å². The van der Waals surface area contributed by atoms with Crippen LogP contribution in [0.5, 0.6) is 11.6 Å². The monoisotopic (exact) mass is 291 g/mol. The normalized spacial score (nSPS) is 10.4. The van der Waals surface area contributed by atoms with Crippen molar-refractivity contribution in [2.75, 3.05) is 0 Å². The highest BCUT2D eigenvalue weighted by atomic mass is 35.5. The zero-order chi connectivity index (χ0) is 14.9. The molecule has 0 amide bonds. The van der Waals surface area contributed by atoms with Gasteiger partial charge in [-0.1, -0.05) is 11.6 Å². The van der Waals surface area contributed by atoms with Crippen molar-refractivity contribution in [2.24, 2.45) is 0 Å². The zero-order valence-electron chi connectivity index (χ0n) is 11.4. The molecule has 2 rings (SSSR count). The molecule has 2 aromatic rings. The molecule has 0 unspecified atom stereocenters. The van der Waals surface area contributed by atoms with Crippen LogP contribution in [-0.2, 0) is 0 Å². The van der Waals surface area contributed by atoms with Crippen molar-refractivity contribution in [3.05, 3.63) is 51.7 Å². The molecule has 1 heterocycles. The van der Waals surface area contributed by atoms with Crippen molar-refractivity contribution in [1.82, 2.24) is 4.98 Å². The highest BCUT2D eigenvalue weighted by Gasteiger charge is 2.16. The van der Waals surface area contributed by atoms with Crippen molar-refractivity contribution in [3.8, 4) is 11.6 Å². The SMILES string of the molecule is Cc1ccc(C(=O)O)c(Oc2c(C)cc(Cl)cc2C)n1. The summed E-state index contributed by atoms with van der Waals surface area (Å²) in [6.45, 7) is 5.48. The lowest BCUT2D eigenvalue weighted by Gasteiger charge is -2.13. The minimum atomic E-state index is -1.07. The summed E-state index contributed by atoms with van der Waals surface area (Å²) >= 11 is 5.97. The molecule has 20 heavy (non-hydrogen) atoms. The molecule has 104 valence electrons. The third kappa shape index (κ3) is 2.91. The summed E-state index contributed by atoms with van der Waals surface area (Å²) in [4.78, 5) is 15.4. The number of nitrogens with zero attached hydrogens (tertiary/aromatic N) is 1. The molecule has 1 N–H and O–H groups in total. The van der Waals surface area contributed by atoms with Crippen LogP contribution in [0.1, 0.15) is 27.2 Å². The van der Waals surface area contributed by atoms with Gasteiger partial charge in [0, 0.05) is 10.7 Å². The molecular formula is C15H14ClNO3. The van der Waals surface area contributed by atoms with E-state index < -0.39 is 5.97 Å². The van der Waals surface area contributed by atoms with Crippen LogP contribution >= 0.6 is 11.6 Å². The van der Waals surface area contributed by atoms with Gasteiger partial charge in [-0.25, -0.2) is 9.78 Å². The van der Waals surface area contributed by atoms with E-state index in [0.717, 1.165) is 11.1 Å². The van der Waals surface area contributed by atoms with Crippen LogP contribution in [0, 0.1) is 20.8 Å². The van der Waals surface area contributed by atoms with Gasteiger partial charge in [0.15, 0.2) is 0 Å². The molecule has 1 aromatic heterocycles. The van der Waals surface area contributed by atoms with Crippen LogP contribution in [0.2, 0.25) is 5.02 Å². The first-order valence-corrected chi connectivity index (χ1v) is 6.42. The Hall–Kier alpha value is -2.07. The molecule has 0 bridgehead atoms. The molecule has 0 atom stereocenters. The molecule has 0 aliphatic rings. The highest BCUT2D eigenvalue weighted by molar-refractivity contribution is 6.30. The van der Waals surface area contributed by atoms with E-state index in [1.54, 1.807) is 25.1 Å². The summed E-state index contributed by atoms with van der Waals surface area (Å²) in [5, 5.41) is 9.79. The van der Waals surface area contributed by atoms with Gasteiger partial charge in [-0.3, -0.25) is 0 Å². The van der Waals surface area contributed by atoms with Crippen molar-refractivity contribution < 1.29 is 14.6 Å². The zero-order valence-corrected chi connectivity index (χ0v) is 12.2. The van der Waals surface area contributed by atoms with Crippen LogP contribution in [0.3, 0.4) is 0 Å². The fraction of sp³-hybridized carbons (Fsp3) is 0.200. The fourth-order valence-electron chi connectivity index (χ4n) is 1.93. The van der Waals surface area contributed by atoms with Gasteiger partial charge in [0.1, 0.15) is 11.3 Å². The largest absolute Gasteiger partial charge is 0.477 e. The number of benzene rings is 1. The second kappa shape index (κ2) is 5.51. The smallest absolute Gasteiger partial charge is 0.341 e. The lowest BCUT2D eigenvalue weighted by Crippen LogP contribution is -2.04. The molecule has 4 nitrogen and oxygen atoms in total. The first-order chi connectivity index (χ1) is 9.38. The van der Waals surface area contributed by atoms with E-state index in [2.05, 4.69) is 4.98 Å². The number of pyridine rings is 1. The summed E-state index contributed by atoms with van der Waals surface area (Å²) in [6, 6.07) is 6.65. The Morgan fingerprint density at radius 1 is 1.20 bits per heavy atom. The number of hydrogen-bond acceptors (Lipinski definition) is 3. The maximum atomic E-state index is 11.2. The number of ether oxygens (including phenoxy) is 1. The number of aromatic nitrogens is 1. The Labute approximate surface area is 122 Å². The van der Waals surface area contributed by atoms with Crippen LogP contribution in [0.25, 0.3) is 0 Å². The Bertz CT molecular complexity index is 660. The van der Waals surface area contributed by atoms with Gasteiger partial charge in [0.25, 0.3) is 0 Å². The van der Waals surface area contributed by atoms with Crippen LogP contribution in [-0.4, -0.2) is 16.1 Å². The van der Waals surface area contributed by atoms with Gasteiger partial charge in [-0.15, -0.1) is 0 Å². The molecule has 0 spiro atoms. The Kier molecular flexibility index (Phi) is 3.95. The van der Waals surface area contributed by atoms with Gasteiger partial charge in [0.2, 0.25) is 5.88 Å². The predicted octanol–water partition coefficient (Wildman–Crippen LogP) is 4.15. The molecule has 1 aromatic carbocycles. The number of rotatable bonds is 3. The average Bonchev–Trinajstić information content (AvgIpc) is 2.33.